The van der Waals surface area contributed by atoms with Crippen LogP contribution in [0.1, 0.15) is 32.3 Å². The largest absolute Gasteiger partial charge is 0.367 e. The average molecular weight is 376 g/mol. The second-order valence-corrected chi connectivity index (χ2v) is 7.53. The maximum Gasteiger partial charge on any atom is 0.333 e. The highest BCUT2D eigenvalue weighted by Crippen LogP contribution is 2.50. The molecule has 0 unspecified atom stereocenters. The Labute approximate surface area is 157 Å². The van der Waals surface area contributed by atoms with Gasteiger partial charge in [0, 0.05) is 36.8 Å². The van der Waals surface area contributed by atoms with E-state index in [-0.39, 0.29) is 37.4 Å². The summed E-state index contributed by atoms with van der Waals surface area (Å²) in [6.45, 7) is 4.83. The molecule has 0 radical (unpaired) electrons. The van der Waals surface area contributed by atoms with E-state index in [1.165, 1.54) is 9.80 Å². The summed E-state index contributed by atoms with van der Waals surface area (Å²) >= 11 is 6.46. The van der Waals surface area contributed by atoms with Gasteiger partial charge in [0.15, 0.2) is 5.41 Å². The van der Waals surface area contributed by atoms with Gasteiger partial charge in [-0.3, -0.25) is 19.4 Å². The molecule has 1 spiro atoms. The Kier molecular flexibility index (Phi) is 3.99. The average Bonchev–Trinajstić information content (AvgIpc) is 3.12. The predicted molar refractivity (Wildman–Crippen MR) is 98.1 cm³/mol. The van der Waals surface area contributed by atoms with Gasteiger partial charge < -0.3 is 4.90 Å². The van der Waals surface area contributed by atoms with Gasteiger partial charge in [-0.25, -0.2) is 4.79 Å². The van der Waals surface area contributed by atoms with Crippen LogP contribution >= 0.6 is 11.6 Å². The number of barbiturate groups is 1. The zero-order valence-electron chi connectivity index (χ0n) is 15.0. The third-order valence-corrected chi connectivity index (χ3v) is 6.38. The highest BCUT2D eigenvalue weighted by Gasteiger charge is 2.64. The lowest BCUT2D eigenvalue weighted by Crippen LogP contribution is -2.71. The van der Waals surface area contributed by atoms with E-state index in [0.717, 1.165) is 30.6 Å². The number of rotatable bonds is 2. The topological polar surface area (TPSA) is 60.9 Å². The normalized spacial score (nSPS) is 24.3. The van der Waals surface area contributed by atoms with Crippen molar-refractivity contribution >= 4 is 35.1 Å². The Morgan fingerprint density at radius 3 is 2.38 bits per heavy atom. The SMILES string of the molecule is CCN1C(=O)N(CC)C(=O)C2(Cc3c(Cl)cccc3N3CCC[C@H]32)C1=O. The number of anilines is 1. The molecule has 0 N–H and O–H groups in total. The van der Waals surface area contributed by atoms with E-state index in [0.29, 0.717) is 5.02 Å². The van der Waals surface area contributed by atoms with Gasteiger partial charge in [0.2, 0.25) is 11.8 Å². The van der Waals surface area contributed by atoms with Gasteiger partial charge in [0.05, 0.1) is 6.04 Å². The van der Waals surface area contributed by atoms with E-state index in [9.17, 15) is 14.4 Å². The van der Waals surface area contributed by atoms with E-state index in [4.69, 9.17) is 11.6 Å². The first-order chi connectivity index (χ1) is 12.5. The molecular formula is C19H22ClN3O3. The molecule has 1 aromatic rings. The highest BCUT2D eigenvalue weighted by molar-refractivity contribution is 6.32. The summed E-state index contributed by atoms with van der Waals surface area (Å²) in [6, 6.07) is 4.96. The fourth-order valence-corrected chi connectivity index (χ4v) is 5.08. The molecule has 4 rings (SSSR count). The number of carbonyl (C=O) groups excluding carboxylic acids is 3. The second-order valence-electron chi connectivity index (χ2n) is 7.12. The number of benzene rings is 1. The Morgan fingerprint density at radius 2 is 1.77 bits per heavy atom. The minimum Gasteiger partial charge on any atom is -0.367 e. The van der Waals surface area contributed by atoms with E-state index in [2.05, 4.69) is 4.90 Å². The number of imide groups is 2. The first-order valence-electron chi connectivity index (χ1n) is 9.19. The van der Waals surface area contributed by atoms with Crippen molar-refractivity contribution in [3.63, 3.8) is 0 Å². The Balaban J connectivity index is 1.93. The number of hydrogen-bond donors (Lipinski definition) is 0. The van der Waals surface area contributed by atoms with Gasteiger partial charge in [0.1, 0.15) is 0 Å². The second kappa shape index (κ2) is 5.98. The van der Waals surface area contributed by atoms with Crippen molar-refractivity contribution in [2.45, 2.75) is 39.2 Å². The van der Waals surface area contributed by atoms with Crippen LogP contribution < -0.4 is 4.90 Å². The number of amides is 4. The number of carbonyl (C=O) groups is 3. The van der Waals surface area contributed by atoms with Crippen molar-refractivity contribution in [2.24, 2.45) is 5.41 Å². The fourth-order valence-electron chi connectivity index (χ4n) is 4.84. The van der Waals surface area contributed by atoms with Crippen LogP contribution in [0, 0.1) is 5.41 Å². The molecular weight excluding hydrogens is 354 g/mol. The molecule has 1 atom stereocenters. The molecule has 6 nitrogen and oxygen atoms in total. The van der Waals surface area contributed by atoms with Crippen molar-refractivity contribution in [2.75, 3.05) is 24.5 Å². The van der Waals surface area contributed by atoms with Gasteiger partial charge in [-0.2, -0.15) is 0 Å². The summed E-state index contributed by atoms with van der Waals surface area (Å²) < 4.78 is 0. The van der Waals surface area contributed by atoms with Gasteiger partial charge in [-0.1, -0.05) is 17.7 Å². The molecule has 1 aromatic carbocycles. The van der Waals surface area contributed by atoms with Gasteiger partial charge in [-0.05, 0) is 44.4 Å². The fraction of sp³-hybridized carbons (Fsp3) is 0.526. The smallest absolute Gasteiger partial charge is 0.333 e. The molecule has 7 heteroatoms. The van der Waals surface area contributed by atoms with Crippen molar-refractivity contribution in [1.82, 2.24) is 9.80 Å². The Morgan fingerprint density at radius 1 is 1.12 bits per heavy atom. The summed E-state index contributed by atoms with van der Waals surface area (Å²) in [5.41, 5.74) is 0.568. The molecule has 138 valence electrons. The maximum atomic E-state index is 13.5. The Hall–Kier alpha value is -2.08. The van der Waals surface area contributed by atoms with Gasteiger partial charge >= 0.3 is 6.03 Å². The molecule has 2 fully saturated rings. The third-order valence-electron chi connectivity index (χ3n) is 6.03. The lowest BCUT2D eigenvalue weighted by atomic mass is 9.68. The van der Waals surface area contributed by atoms with Crippen LogP contribution in [0.4, 0.5) is 10.5 Å². The first-order valence-corrected chi connectivity index (χ1v) is 9.57. The standard InChI is InChI=1S/C19H22ClN3O3/c1-3-21-16(24)19(17(25)22(4-2)18(21)26)11-12-13(20)7-5-8-14(12)23-10-6-9-15(19)23/h5,7-8,15H,3-4,6,9-11H2,1-2H3/t15-/m0/s1. The number of urea groups is 1. The predicted octanol–water partition coefficient (Wildman–Crippen LogP) is 2.68. The first kappa shape index (κ1) is 17.3. The molecule has 26 heavy (non-hydrogen) atoms. The molecule has 0 aromatic heterocycles. The van der Waals surface area contributed by atoms with E-state index in [1.54, 1.807) is 19.9 Å². The number of halogens is 1. The number of fused-ring (bicyclic) bond motifs is 4. The van der Waals surface area contributed by atoms with Gasteiger partial charge in [0.25, 0.3) is 0 Å². The van der Waals surface area contributed by atoms with Crippen LogP contribution in [0.3, 0.4) is 0 Å². The number of hydrogen-bond acceptors (Lipinski definition) is 4. The summed E-state index contributed by atoms with van der Waals surface area (Å²) in [6.07, 6.45) is 1.92. The van der Waals surface area contributed by atoms with E-state index < -0.39 is 11.4 Å². The molecule has 0 aliphatic carbocycles. The third kappa shape index (κ3) is 2.02. The van der Waals surface area contributed by atoms with Gasteiger partial charge in [-0.15, -0.1) is 0 Å². The van der Waals surface area contributed by atoms with Crippen LogP contribution in [-0.2, 0) is 16.0 Å². The van der Waals surface area contributed by atoms with Crippen LogP contribution in [0.15, 0.2) is 18.2 Å². The van der Waals surface area contributed by atoms with Crippen LogP contribution in [0.25, 0.3) is 0 Å². The van der Waals surface area contributed by atoms with Crippen molar-refractivity contribution in [3.8, 4) is 0 Å². The van der Waals surface area contributed by atoms with Crippen molar-refractivity contribution < 1.29 is 14.4 Å². The minimum absolute atomic E-state index is 0.232. The zero-order chi connectivity index (χ0) is 18.6. The summed E-state index contributed by atoms with van der Waals surface area (Å²) in [7, 11) is 0. The molecule has 0 bridgehead atoms. The summed E-state index contributed by atoms with van der Waals surface area (Å²) in [5, 5.41) is 0.566. The van der Waals surface area contributed by atoms with Crippen LogP contribution in [0.2, 0.25) is 5.02 Å². The quantitative estimate of drug-likeness (QED) is 0.746. The summed E-state index contributed by atoms with van der Waals surface area (Å²) in [5.74, 6) is -0.746. The van der Waals surface area contributed by atoms with Crippen LogP contribution in [0.5, 0.6) is 0 Å². The lowest BCUT2D eigenvalue weighted by Gasteiger charge is -2.51. The van der Waals surface area contributed by atoms with Crippen LogP contribution in [-0.4, -0.2) is 53.3 Å². The summed E-state index contributed by atoms with van der Waals surface area (Å²) in [4.78, 5) is 44.1. The zero-order valence-corrected chi connectivity index (χ0v) is 15.8. The van der Waals surface area contributed by atoms with E-state index >= 15 is 0 Å². The maximum absolute atomic E-state index is 13.5. The molecule has 3 heterocycles. The molecule has 2 saturated heterocycles. The van der Waals surface area contributed by atoms with Crippen molar-refractivity contribution in [1.29, 1.82) is 0 Å². The minimum atomic E-state index is -1.27. The monoisotopic (exact) mass is 375 g/mol. The lowest BCUT2D eigenvalue weighted by molar-refractivity contribution is -0.160. The highest BCUT2D eigenvalue weighted by atomic mass is 35.5. The molecule has 4 amide bonds. The molecule has 3 aliphatic rings. The van der Waals surface area contributed by atoms with E-state index in [1.807, 2.05) is 12.1 Å². The molecule has 3 aliphatic heterocycles. The number of nitrogens with zero attached hydrogens (tertiary/aromatic N) is 3. The molecule has 0 saturated carbocycles. The Bertz CT molecular complexity index is 783. The van der Waals surface area contributed by atoms with Crippen molar-refractivity contribution in [3.05, 3.63) is 28.8 Å².